The van der Waals surface area contributed by atoms with Gasteiger partial charge in [0.05, 0.1) is 5.56 Å². The second-order valence-corrected chi connectivity index (χ2v) is 6.53. The van der Waals surface area contributed by atoms with Crippen LogP contribution in [0, 0.1) is 5.41 Å². The quantitative estimate of drug-likeness (QED) is 0.780. The van der Waals surface area contributed by atoms with Crippen LogP contribution in [-0.4, -0.2) is 34.1 Å². The molecule has 4 heteroatoms. The smallest absolute Gasteiger partial charge is 0.257 e. The summed E-state index contributed by atoms with van der Waals surface area (Å²) in [6.07, 6.45) is 8.72. The number of amides is 1. The highest BCUT2D eigenvalue weighted by Gasteiger charge is 2.37. The van der Waals surface area contributed by atoms with Crippen molar-refractivity contribution >= 4 is 5.91 Å². The number of hydrogen-bond acceptors (Lipinski definition) is 3. The molecule has 1 saturated heterocycles. The zero-order valence-corrected chi connectivity index (χ0v) is 12.3. The molecule has 2 aliphatic rings. The van der Waals surface area contributed by atoms with E-state index in [9.17, 15) is 15.0 Å². The lowest BCUT2D eigenvalue weighted by Crippen LogP contribution is -2.43. The number of likely N-dealkylation sites (tertiary alicyclic amines) is 1. The Kier molecular flexibility index (Phi) is 3.79. The highest BCUT2D eigenvalue weighted by Crippen LogP contribution is 2.44. The van der Waals surface area contributed by atoms with Gasteiger partial charge in [0.15, 0.2) is 11.5 Å². The van der Waals surface area contributed by atoms with Crippen molar-refractivity contribution in [3.05, 3.63) is 23.8 Å². The first-order valence-electron chi connectivity index (χ1n) is 7.92. The van der Waals surface area contributed by atoms with Gasteiger partial charge in [0.25, 0.3) is 5.91 Å². The van der Waals surface area contributed by atoms with Crippen molar-refractivity contribution in [3.63, 3.8) is 0 Å². The monoisotopic (exact) mass is 289 g/mol. The minimum absolute atomic E-state index is 0.172. The Hall–Kier alpha value is -1.71. The molecule has 2 N–H and O–H groups in total. The van der Waals surface area contributed by atoms with Gasteiger partial charge >= 0.3 is 0 Å². The summed E-state index contributed by atoms with van der Waals surface area (Å²) in [6, 6.07) is 4.55. The Morgan fingerprint density at radius 1 is 1.00 bits per heavy atom. The summed E-state index contributed by atoms with van der Waals surface area (Å²) in [5, 5.41) is 19.4. The molecule has 1 aliphatic heterocycles. The van der Waals surface area contributed by atoms with Gasteiger partial charge in [-0.05, 0) is 43.2 Å². The third-order valence-corrected chi connectivity index (χ3v) is 5.27. The zero-order chi connectivity index (χ0) is 14.9. The van der Waals surface area contributed by atoms with Gasteiger partial charge in [-0.1, -0.05) is 25.3 Å². The van der Waals surface area contributed by atoms with Crippen LogP contribution in [0.2, 0.25) is 0 Å². The summed E-state index contributed by atoms with van der Waals surface area (Å²) in [6.45, 7) is 1.52. The zero-order valence-electron chi connectivity index (χ0n) is 12.3. The van der Waals surface area contributed by atoms with Crippen LogP contribution in [0.25, 0.3) is 0 Å². The molecule has 1 amide bonds. The van der Waals surface area contributed by atoms with E-state index >= 15 is 0 Å². The summed E-state index contributed by atoms with van der Waals surface area (Å²) in [5.74, 6) is -0.712. The molecule has 2 fully saturated rings. The second kappa shape index (κ2) is 5.58. The minimum Gasteiger partial charge on any atom is -0.504 e. The van der Waals surface area contributed by atoms with E-state index in [1.807, 2.05) is 4.90 Å². The number of rotatable bonds is 1. The first-order chi connectivity index (χ1) is 10.1. The van der Waals surface area contributed by atoms with E-state index in [2.05, 4.69) is 0 Å². The number of piperidine rings is 1. The van der Waals surface area contributed by atoms with Crippen LogP contribution in [0.1, 0.15) is 55.3 Å². The summed E-state index contributed by atoms with van der Waals surface area (Å²) >= 11 is 0. The number of hydrogen-bond donors (Lipinski definition) is 2. The van der Waals surface area contributed by atoms with Crippen LogP contribution in [-0.2, 0) is 0 Å². The lowest BCUT2D eigenvalue weighted by Gasteiger charge is -2.44. The number of nitrogens with zero attached hydrogens (tertiary/aromatic N) is 1. The van der Waals surface area contributed by atoms with E-state index in [1.165, 1.54) is 38.2 Å². The molecule has 0 atom stereocenters. The maximum Gasteiger partial charge on any atom is 0.257 e. The maximum atomic E-state index is 12.5. The molecule has 1 aliphatic carbocycles. The van der Waals surface area contributed by atoms with Crippen molar-refractivity contribution < 1.29 is 15.0 Å². The molecule has 1 aromatic rings. The van der Waals surface area contributed by atoms with Crippen molar-refractivity contribution in [2.75, 3.05) is 13.1 Å². The fraction of sp³-hybridized carbons (Fsp3) is 0.588. The first kappa shape index (κ1) is 14.2. The van der Waals surface area contributed by atoms with E-state index < -0.39 is 0 Å². The number of benzene rings is 1. The molecule has 1 aromatic carbocycles. The van der Waals surface area contributed by atoms with Gasteiger partial charge in [-0.3, -0.25) is 4.79 Å². The summed E-state index contributed by atoms with van der Waals surface area (Å²) in [5.41, 5.74) is 0.658. The molecule has 4 nitrogen and oxygen atoms in total. The van der Waals surface area contributed by atoms with Gasteiger partial charge in [0.1, 0.15) is 0 Å². The van der Waals surface area contributed by atoms with Crippen LogP contribution in [0.5, 0.6) is 11.5 Å². The molecule has 0 radical (unpaired) electrons. The Morgan fingerprint density at radius 2 is 1.67 bits per heavy atom. The first-order valence-corrected chi connectivity index (χ1v) is 7.92. The van der Waals surface area contributed by atoms with Crippen LogP contribution < -0.4 is 0 Å². The van der Waals surface area contributed by atoms with Crippen molar-refractivity contribution in [1.29, 1.82) is 0 Å². The largest absolute Gasteiger partial charge is 0.504 e. The number of phenolic OH excluding ortho intramolecular Hbond substituents is 2. The van der Waals surface area contributed by atoms with E-state index in [0.717, 1.165) is 25.9 Å². The van der Waals surface area contributed by atoms with Gasteiger partial charge in [0.2, 0.25) is 0 Å². The van der Waals surface area contributed by atoms with Crippen LogP contribution in [0.3, 0.4) is 0 Å². The standard InChI is InChI=1S/C17H23NO3/c19-14-6-4-5-13(15(14)20)16(21)18-11-9-17(10-12-18)7-2-1-3-8-17/h4-6,19-20H,1-3,7-12H2. The highest BCUT2D eigenvalue weighted by atomic mass is 16.3. The van der Waals surface area contributed by atoms with Crippen LogP contribution in [0.4, 0.5) is 0 Å². The van der Waals surface area contributed by atoms with Crippen molar-refractivity contribution in [2.24, 2.45) is 5.41 Å². The molecular weight excluding hydrogens is 266 g/mol. The molecule has 114 valence electrons. The van der Waals surface area contributed by atoms with Gasteiger partial charge in [-0.25, -0.2) is 0 Å². The van der Waals surface area contributed by atoms with Crippen LogP contribution >= 0.6 is 0 Å². The van der Waals surface area contributed by atoms with Gasteiger partial charge in [-0.15, -0.1) is 0 Å². The number of carbonyl (C=O) groups is 1. The number of aromatic hydroxyl groups is 2. The summed E-state index contributed by atoms with van der Waals surface area (Å²) < 4.78 is 0. The lowest BCUT2D eigenvalue weighted by molar-refractivity contribution is 0.0469. The number of carbonyl (C=O) groups excluding carboxylic acids is 1. The fourth-order valence-corrected chi connectivity index (χ4v) is 3.86. The fourth-order valence-electron chi connectivity index (χ4n) is 3.86. The van der Waals surface area contributed by atoms with E-state index in [0.29, 0.717) is 5.41 Å². The molecule has 0 unspecified atom stereocenters. The average Bonchev–Trinajstić information content (AvgIpc) is 2.51. The molecule has 0 aromatic heterocycles. The highest BCUT2D eigenvalue weighted by molar-refractivity contribution is 5.97. The predicted octanol–water partition coefficient (Wildman–Crippen LogP) is 3.28. The lowest BCUT2D eigenvalue weighted by atomic mass is 9.68. The maximum absolute atomic E-state index is 12.5. The molecular formula is C17H23NO3. The van der Waals surface area contributed by atoms with Crippen molar-refractivity contribution in [3.8, 4) is 11.5 Å². The topological polar surface area (TPSA) is 60.8 Å². The van der Waals surface area contributed by atoms with Gasteiger partial charge in [0, 0.05) is 13.1 Å². The average molecular weight is 289 g/mol. The Bertz CT molecular complexity index is 525. The van der Waals surface area contributed by atoms with E-state index in [4.69, 9.17) is 0 Å². The molecule has 3 rings (SSSR count). The normalized spacial score (nSPS) is 21.4. The molecule has 0 bridgehead atoms. The predicted molar refractivity (Wildman–Crippen MR) is 80.4 cm³/mol. The van der Waals surface area contributed by atoms with Gasteiger partial charge in [-0.2, -0.15) is 0 Å². The van der Waals surface area contributed by atoms with E-state index in [1.54, 1.807) is 12.1 Å². The SMILES string of the molecule is O=C(c1cccc(O)c1O)N1CCC2(CCCCC2)CC1. The van der Waals surface area contributed by atoms with E-state index in [-0.39, 0.29) is 23.0 Å². The van der Waals surface area contributed by atoms with Crippen LogP contribution in [0.15, 0.2) is 18.2 Å². The minimum atomic E-state index is -0.305. The van der Waals surface area contributed by atoms with Crippen molar-refractivity contribution in [1.82, 2.24) is 4.90 Å². The Morgan fingerprint density at radius 3 is 2.33 bits per heavy atom. The number of phenols is 2. The van der Waals surface area contributed by atoms with Gasteiger partial charge < -0.3 is 15.1 Å². The molecule has 21 heavy (non-hydrogen) atoms. The Labute approximate surface area is 125 Å². The third kappa shape index (κ3) is 2.71. The number of para-hydroxylation sites is 1. The second-order valence-electron chi connectivity index (χ2n) is 6.53. The van der Waals surface area contributed by atoms with Crippen molar-refractivity contribution in [2.45, 2.75) is 44.9 Å². The molecule has 1 spiro atoms. The molecule has 1 heterocycles. The third-order valence-electron chi connectivity index (χ3n) is 5.27. The molecule has 1 saturated carbocycles. The summed E-state index contributed by atoms with van der Waals surface area (Å²) in [7, 11) is 0. The summed E-state index contributed by atoms with van der Waals surface area (Å²) in [4.78, 5) is 14.3. The Balaban J connectivity index is 1.69.